The van der Waals surface area contributed by atoms with Crippen LogP contribution in [0, 0.1) is 46.3 Å². The van der Waals surface area contributed by atoms with Crippen LogP contribution < -0.4 is 0 Å². The number of hydrogen-bond donors (Lipinski definition) is 0. The van der Waals surface area contributed by atoms with Gasteiger partial charge in [0, 0.05) is 12.8 Å². The van der Waals surface area contributed by atoms with Crippen molar-refractivity contribution >= 4 is 5.78 Å². The zero-order valence-corrected chi connectivity index (χ0v) is 15.1. The lowest BCUT2D eigenvalue weighted by Gasteiger charge is -2.60. The van der Waals surface area contributed by atoms with Crippen LogP contribution in [0.15, 0.2) is 11.6 Å². The van der Waals surface area contributed by atoms with E-state index in [2.05, 4.69) is 26.8 Å². The second-order valence-electron chi connectivity index (χ2n) is 10.0. The molecule has 5 fully saturated rings. The minimum atomic E-state index is 0.473. The minimum Gasteiger partial charge on any atom is -0.300 e. The predicted octanol–water partition coefficient (Wildman–Crippen LogP) is 5.40. The van der Waals surface area contributed by atoms with E-state index in [0.29, 0.717) is 22.5 Å². The summed E-state index contributed by atoms with van der Waals surface area (Å²) in [6.07, 6.45) is 12.5. The van der Waals surface area contributed by atoms with Crippen molar-refractivity contribution in [1.29, 1.82) is 0 Å². The standard InChI is InChI=1S/C22H32O/c1-4-18-16-12-17(16)20-15-6-5-13-11-14(23)7-9-21(13,2)19(15)8-10-22(18,20)3/h4,13,15-17,19-20H,5-12H2,1-3H3/b18-4-/t13-,15+,16-,17+,19-,20+,21-,22+/m0/s1. The molecule has 1 heteroatoms. The summed E-state index contributed by atoms with van der Waals surface area (Å²) in [6.45, 7) is 7.46. The van der Waals surface area contributed by atoms with Gasteiger partial charge in [-0.05, 0) is 91.8 Å². The third kappa shape index (κ3) is 1.72. The van der Waals surface area contributed by atoms with Crippen molar-refractivity contribution in [3.05, 3.63) is 11.6 Å². The lowest BCUT2D eigenvalue weighted by molar-refractivity contribution is -0.138. The predicted molar refractivity (Wildman–Crippen MR) is 92.9 cm³/mol. The van der Waals surface area contributed by atoms with Crippen LogP contribution in [0.4, 0.5) is 0 Å². The third-order valence-electron chi connectivity index (χ3n) is 9.40. The fourth-order valence-corrected chi connectivity index (χ4v) is 8.36. The first-order valence-corrected chi connectivity index (χ1v) is 10.2. The summed E-state index contributed by atoms with van der Waals surface area (Å²) in [4.78, 5) is 12.0. The molecule has 0 aromatic carbocycles. The number of hydrogen-bond acceptors (Lipinski definition) is 1. The number of allylic oxidation sites excluding steroid dienone is 2. The lowest BCUT2D eigenvalue weighted by Crippen LogP contribution is -2.53. The van der Waals surface area contributed by atoms with Gasteiger partial charge in [-0.3, -0.25) is 4.79 Å². The lowest BCUT2D eigenvalue weighted by atomic mass is 9.44. The van der Waals surface area contributed by atoms with E-state index in [1.165, 1.54) is 38.5 Å². The van der Waals surface area contributed by atoms with Gasteiger partial charge in [0.1, 0.15) is 5.78 Å². The molecule has 5 aliphatic carbocycles. The molecule has 0 aromatic rings. The van der Waals surface area contributed by atoms with Crippen molar-refractivity contribution in [2.45, 2.75) is 72.1 Å². The maximum absolute atomic E-state index is 12.0. The second-order valence-corrected chi connectivity index (χ2v) is 10.0. The highest BCUT2D eigenvalue weighted by Gasteiger charge is 2.68. The number of rotatable bonds is 0. The fraction of sp³-hybridized carbons (Fsp3) is 0.864. The Kier molecular flexibility index (Phi) is 2.90. The van der Waals surface area contributed by atoms with Crippen molar-refractivity contribution in [2.75, 3.05) is 0 Å². The van der Waals surface area contributed by atoms with E-state index in [1.54, 1.807) is 0 Å². The van der Waals surface area contributed by atoms with E-state index < -0.39 is 0 Å². The quantitative estimate of drug-likeness (QED) is 0.547. The number of carbonyl (C=O) groups excluding carboxylic acids is 1. The van der Waals surface area contributed by atoms with Gasteiger partial charge in [0.2, 0.25) is 0 Å². The Bertz CT molecular complexity index is 589. The molecule has 0 bridgehead atoms. The highest BCUT2D eigenvalue weighted by atomic mass is 16.1. The largest absolute Gasteiger partial charge is 0.300 e. The Balaban J connectivity index is 1.50. The zero-order chi connectivity index (χ0) is 16.0. The summed E-state index contributed by atoms with van der Waals surface area (Å²) in [6, 6.07) is 0. The minimum absolute atomic E-state index is 0.473. The summed E-state index contributed by atoms with van der Waals surface area (Å²) < 4.78 is 0. The zero-order valence-electron chi connectivity index (χ0n) is 15.1. The molecule has 126 valence electrons. The molecular formula is C22H32O. The monoisotopic (exact) mass is 312 g/mol. The van der Waals surface area contributed by atoms with Gasteiger partial charge in [-0.15, -0.1) is 0 Å². The fourth-order valence-electron chi connectivity index (χ4n) is 8.36. The first-order valence-electron chi connectivity index (χ1n) is 10.2. The summed E-state index contributed by atoms with van der Waals surface area (Å²) >= 11 is 0. The Morgan fingerprint density at radius 3 is 2.70 bits per heavy atom. The number of carbonyl (C=O) groups is 1. The summed E-state index contributed by atoms with van der Waals surface area (Å²) in [7, 11) is 0. The maximum atomic E-state index is 12.0. The molecule has 0 aromatic heterocycles. The number of Topliss-reactive ketones (excluding diaryl/α,β-unsaturated/α-hetero) is 1. The Hall–Kier alpha value is -0.590. The van der Waals surface area contributed by atoms with Gasteiger partial charge in [0.05, 0.1) is 0 Å². The molecule has 5 rings (SSSR count). The molecule has 0 spiro atoms. The van der Waals surface area contributed by atoms with Gasteiger partial charge >= 0.3 is 0 Å². The highest BCUT2D eigenvalue weighted by molar-refractivity contribution is 5.79. The normalized spacial score (nSPS) is 59.1. The van der Waals surface area contributed by atoms with Crippen LogP contribution >= 0.6 is 0 Å². The van der Waals surface area contributed by atoms with E-state index in [9.17, 15) is 4.79 Å². The van der Waals surface area contributed by atoms with Gasteiger partial charge in [-0.1, -0.05) is 25.5 Å². The Morgan fingerprint density at radius 1 is 1.09 bits per heavy atom. The van der Waals surface area contributed by atoms with Crippen molar-refractivity contribution in [3.8, 4) is 0 Å². The molecule has 1 nitrogen and oxygen atoms in total. The molecule has 0 amide bonds. The van der Waals surface area contributed by atoms with Crippen LogP contribution in [0.1, 0.15) is 72.1 Å². The molecule has 0 saturated heterocycles. The number of fused-ring (bicyclic) bond motifs is 7. The van der Waals surface area contributed by atoms with Gasteiger partial charge in [-0.25, -0.2) is 0 Å². The Labute approximate surface area is 141 Å². The summed E-state index contributed by atoms with van der Waals surface area (Å²) in [5.41, 5.74) is 2.83. The number of ketones is 1. The van der Waals surface area contributed by atoms with Crippen LogP contribution in [-0.4, -0.2) is 5.78 Å². The van der Waals surface area contributed by atoms with Crippen LogP contribution in [0.25, 0.3) is 0 Å². The van der Waals surface area contributed by atoms with E-state index in [4.69, 9.17) is 0 Å². The van der Waals surface area contributed by atoms with Crippen molar-refractivity contribution in [1.82, 2.24) is 0 Å². The molecule has 0 unspecified atom stereocenters. The van der Waals surface area contributed by atoms with Crippen LogP contribution in [-0.2, 0) is 4.79 Å². The SMILES string of the molecule is C/C=C1/[C@H]2C[C@H]2[C@H]2[C@@H]3CC[C@H]4CC(=O)CC[C@]4(C)[C@H]3CC[C@]12C. The molecule has 0 radical (unpaired) electrons. The maximum Gasteiger partial charge on any atom is 0.133 e. The van der Waals surface area contributed by atoms with Gasteiger partial charge in [0.15, 0.2) is 0 Å². The summed E-state index contributed by atoms with van der Waals surface area (Å²) in [5, 5.41) is 0. The average Bonchev–Trinajstić information content (AvgIpc) is 3.23. The molecular weight excluding hydrogens is 280 g/mol. The van der Waals surface area contributed by atoms with E-state index in [0.717, 1.165) is 42.4 Å². The molecule has 8 atom stereocenters. The van der Waals surface area contributed by atoms with Crippen LogP contribution in [0.3, 0.4) is 0 Å². The first-order chi connectivity index (χ1) is 11.0. The molecule has 0 aliphatic heterocycles. The van der Waals surface area contributed by atoms with E-state index >= 15 is 0 Å². The van der Waals surface area contributed by atoms with Crippen LogP contribution in [0.2, 0.25) is 0 Å². The Morgan fingerprint density at radius 2 is 1.91 bits per heavy atom. The van der Waals surface area contributed by atoms with Gasteiger partial charge in [0.25, 0.3) is 0 Å². The van der Waals surface area contributed by atoms with Crippen molar-refractivity contribution in [2.24, 2.45) is 46.3 Å². The van der Waals surface area contributed by atoms with Gasteiger partial charge in [-0.2, -0.15) is 0 Å². The second kappa shape index (κ2) is 4.52. The van der Waals surface area contributed by atoms with E-state index in [-0.39, 0.29) is 0 Å². The van der Waals surface area contributed by atoms with Crippen LogP contribution in [0.5, 0.6) is 0 Å². The van der Waals surface area contributed by atoms with Crippen molar-refractivity contribution < 1.29 is 4.79 Å². The van der Waals surface area contributed by atoms with Gasteiger partial charge < -0.3 is 0 Å². The third-order valence-corrected chi connectivity index (χ3v) is 9.40. The average molecular weight is 312 g/mol. The molecule has 5 aliphatic rings. The first kappa shape index (κ1) is 14.7. The molecule has 5 saturated carbocycles. The smallest absolute Gasteiger partial charge is 0.133 e. The molecule has 23 heavy (non-hydrogen) atoms. The van der Waals surface area contributed by atoms with Crippen molar-refractivity contribution in [3.63, 3.8) is 0 Å². The van der Waals surface area contributed by atoms with E-state index in [1.807, 2.05) is 5.57 Å². The molecule has 0 N–H and O–H groups in total. The highest BCUT2D eigenvalue weighted by Crippen LogP contribution is 2.75. The summed E-state index contributed by atoms with van der Waals surface area (Å²) in [5.74, 6) is 6.04. The topological polar surface area (TPSA) is 17.1 Å². The molecule has 0 heterocycles.